The van der Waals surface area contributed by atoms with E-state index in [2.05, 4.69) is 47.3 Å². The van der Waals surface area contributed by atoms with Gasteiger partial charge in [0.15, 0.2) is 0 Å². The van der Waals surface area contributed by atoms with Crippen LogP contribution in [0.3, 0.4) is 0 Å². The van der Waals surface area contributed by atoms with Crippen LogP contribution in [0.1, 0.15) is 0 Å². The number of rotatable bonds is 0. The van der Waals surface area contributed by atoms with E-state index in [0.29, 0.717) is 0 Å². The Morgan fingerprint density at radius 3 is 1.00 bits per heavy atom. The fourth-order valence-electron chi connectivity index (χ4n) is 0. The Hall–Kier alpha value is 1.46. The van der Waals surface area contributed by atoms with E-state index in [0.717, 1.165) is 0 Å². The maximum absolute atomic E-state index is 3.10. The lowest BCUT2D eigenvalue weighted by Gasteiger charge is -1.63. The average Bonchev–Trinajstić information content (AvgIpc) is 0.811. The van der Waals surface area contributed by atoms with E-state index in [4.69, 9.17) is 0 Å². The van der Waals surface area contributed by atoms with Crippen LogP contribution in [-0.2, 0) is 0 Å². The van der Waals surface area contributed by atoms with Crippen molar-refractivity contribution in [1.82, 2.24) is 6.15 Å². The smallest absolute Gasteiger partial charge is 0.123 e. The van der Waals surface area contributed by atoms with Gasteiger partial charge in [0, 0.05) is 6.15 Å². The van der Waals surface area contributed by atoms with E-state index in [1.54, 1.807) is 0 Å². The van der Waals surface area contributed by atoms with Gasteiger partial charge in [0.25, 0.3) is 0 Å². The molecule has 0 fully saturated rings. The van der Waals surface area contributed by atoms with Gasteiger partial charge < -0.3 is 0 Å². The minimum absolute atomic E-state index is 0. The summed E-state index contributed by atoms with van der Waals surface area (Å²) in [7, 11) is 0. The molecule has 0 rings (SSSR count). The Morgan fingerprint density at radius 1 is 1.00 bits per heavy atom. The molecule has 0 unspecified atom stereocenters. The van der Waals surface area contributed by atoms with Gasteiger partial charge in [-0.15, -0.1) is 47.3 Å². The van der Waals surface area contributed by atoms with E-state index in [1.807, 2.05) is 0 Å². The van der Waals surface area contributed by atoms with Crippen LogP contribution in [-0.4, -0.2) is 3.18 Å². The van der Waals surface area contributed by atoms with Crippen LogP contribution >= 0.6 is 47.3 Å². The maximum Gasteiger partial charge on any atom is 0.369 e. The quantitative estimate of drug-likeness (QED) is 0.596. The molecule has 1 nitrogen and oxygen atoms in total. The minimum Gasteiger partial charge on any atom is -0.123 e. The topological polar surface area (TPSA) is 30.5 Å². The molecule has 0 saturated heterocycles. The highest BCUT2D eigenvalue weighted by Gasteiger charge is 1.87. The van der Waals surface area contributed by atoms with Gasteiger partial charge in [-0.2, -0.15) is 0 Å². The van der Waals surface area contributed by atoms with Crippen molar-refractivity contribution in [3.05, 3.63) is 0 Å². The second-order valence-electron chi connectivity index (χ2n) is 0.247. The van der Waals surface area contributed by atoms with Crippen LogP contribution in [0.5, 0.6) is 0 Å². The second-order valence-corrected chi connectivity index (χ2v) is 6.68. The molecule has 5 heavy (non-hydrogen) atoms. The maximum atomic E-state index is 3.10. The molecule has 0 aromatic rings. The van der Waals surface area contributed by atoms with Gasteiger partial charge in [0.1, 0.15) is 0 Å². The highest BCUT2D eigenvalue weighted by Crippen LogP contribution is 2.07. The summed E-state index contributed by atoms with van der Waals surface area (Å²) in [5.74, 6) is 0. The van der Waals surface area contributed by atoms with Gasteiger partial charge in [-0.3, -0.25) is 0 Å². The molecular formula is BBr3N. The first-order valence-electron chi connectivity index (χ1n) is 0.655. The standard InChI is InChI=1S/BBr3.N/c2-1(3)4;. The Kier molecular flexibility index (Phi) is 10.6. The van der Waals surface area contributed by atoms with Gasteiger partial charge in [-0.25, -0.2) is 0 Å². The van der Waals surface area contributed by atoms with Crippen molar-refractivity contribution >= 4 is 50.5 Å². The Morgan fingerprint density at radius 2 is 1.00 bits per heavy atom. The molecule has 0 amide bonds. The van der Waals surface area contributed by atoms with Crippen LogP contribution in [0.25, 0.3) is 0 Å². The van der Waals surface area contributed by atoms with Crippen molar-refractivity contribution in [2.24, 2.45) is 0 Å². The van der Waals surface area contributed by atoms with Crippen molar-refractivity contribution in [3.8, 4) is 0 Å². The molecule has 0 atom stereocenters. The summed E-state index contributed by atoms with van der Waals surface area (Å²) in [6, 6.07) is 0. The van der Waals surface area contributed by atoms with Crippen molar-refractivity contribution in [3.63, 3.8) is 0 Å². The monoisotopic (exact) mass is 262 g/mol. The lowest BCUT2D eigenvalue weighted by Crippen LogP contribution is -1.60. The van der Waals surface area contributed by atoms with Crippen LogP contribution in [0.4, 0.5) is 0 Å². The van der Waals surface area contributed by atoms with E-state index >= 15 is 0 Å². The third-order valence-electron chi connectivity index (χ3n) is 0. The third kappa shape index (κ3) is 30.6. The zero-order valence-corrected chi connectivity index (χ0v) is 6.92. The number of nitrogens with zero attached hydrogens (tertiary/aromatic N) is 1. The summed E-state index contributed by atoms with van der Waals surface area (Å²) < 4.78 is 0.271. The molecule has 0 aromatic heterocycles. The molecule has 0 spiro atoms. The van der Waals surface area contributed by atoms with E-state index < -0.39 is 0 Å². The predicted octanol–water partition coefficient (Wildman–Crippen LogP) is 1.68. The molecule has 0 bridgehead atoms. The Balaban J connectivity index is 0. The third-order valence-corrected chi connectivity index (χ3v) is 0. The summed E-state index contributed by atoms with van der Waals surface area (Å²) in [5, 5.41) is 0. The van der Waals surface area contributed by atoms with Crippen molar-refractivity contribution in [2.45, 2.75) is 0 Å². The molecule has 0 heterocycles. The van der Waals surface area contributed by atoms with Crippen LogP contribution in [0.2, 0.25) is 0 Å². The fourth-order valence-corrected chi connectivity index (χ4v) is 0. The van der Waals surface area contributed by atoms with Gasteiger partial charge in [0.05, 0.1) is 0 Å². The van der Waals surface area contributed by atoms with E-state index in [1.165, 1.54) is 0 Å². The van der Waals surface area contributed by atoms with Crippen molar-refractivity contribution < 1.29 is 0 Å². The first kappa shape index (κ1) is 9.69. The normalized spacial score (nSPS) is 5.40. The van der Waals surface area contributed by atoms with Crippen molar-refractivity contribution in [2.75, 3.05) is 0 Å². The Bertz CT molecular complexity index is 11.6. The lowest BCUT2D eigenvalue weighted by molar-refractivity contribution is 2.13. The zero-order valence-electron chi connectivity index (χ0n) is 2.16. The van der Waals surface area contributed by atoms with E-state index in [-0.39, 0.29) is 9.34 Å². The number of hydrogen-bond acceptors (Lipinski definition) is 0. The lowest BCUT2D eigenvalue weighted by atomic mass is 10.8. The molecule has 5 heteroatoms. The highest BCUT2D eigenvalue weighted by atomic mass is 79.9. The first-order valence-corrected chi connectivity index (χ1v) is 3.40. The molecule has 0 aliphatic rings. The molecule has 3 radical (unpaired) electrons. The van der Waals surface area contributed by atoms with Gasteiger partial charge in [-0.1, -0.05) is 0 Å². The SMILES string of the molecule is BrB(Br)Br.[N]. The molecule has 0 aliphatic carbocycles. The number of halogens is 3. The van der Waals surface area contributed by atoms with Crippen molar-refractivity contribution in [1.29, 1.82) is 0 Å². The van der Waals surface area contributed by atoms with Crippen LogP contribution in [0.15, 0.2) is 0 Å². The minimum atomic E-state index is 0. The summed E-state index contributed by atoms with van der Waals surface area (Å²) in [4.78, 5) is 0. The summed E-state index contributed by atoms with van der Waals surface area (Å²) in [6.45, 7) is 0. The number of hydrogen-bond donors (Lipinski definition) is 0. The zero-order chi connectivity index (χ0) is 3.58. The van der Waals surface area contributed by atoms with E-state index in [9.17, 15) is 0 Å². The molecule has 0 aromatic carbocycles. The predicted molar refractivity (Wildman–Crippen MR) is 34.7 cm³/mol. The fraction of sp³-hybridized carbons (Fsp3) is 0. The highest BCUT2D eigenvalue weighted by molar-refractivity contribution is 9.69. The summed E-state index contributed by atoms with van der Waals surface area (Å²) >= 11 is 9.31. The van der Waals surface area contributed by atoms with Crippen LogP contribution < -0.4 is 6.15 Å². The molecule has 0 aliphatic heterocycles. The molecule has 0 saturated carbocycles. The summed E-state index contributed by atoms with van der Waals surface area (Å²) in [6.07, 6.45) is 0. The van der Waals surface area contributed by atoms with Crippen LogP contribution in [0, 0.1) is 0 Å². The molecular weight excluding hydrogens is 265 g/mol. The van der Waals surface area contributed by atoms with Gasteiger partial charge in [-0.05, 0) is 0 Å². The Labute approximate surface area is 56.5 Å². The first-order chi connectivity index (χ1) is 1.73. The summed E-state index contributed by atoms with van der Waals surface area (Å²) in [5.41, 5.74) is 0. The molecule has 29 valence electrons. The second kappa shape index (κ2) is 5.46. The van der Waals surface area contributed by atoms with Gasteiger partial charge >= 0.3 is 3.18 Å². The largest absolute Gasteiger partial charge is 0.369 e. The average molecular weight is 265 g/mol. The molecule has 0 N–H and O–H groups in total. The van der Waals surface area contributed by atoms with Gasteiger partial charge in [0.2, 0.25) is 0 Å².